The van der Waals surface area contributed by atoms with E-state index in [0.29, 0.717) is 20.9 Å². The fourth-order valence-corrected chi connectivity index (χ4v) is 3.86. The van der Waals surface area contributed by atoms with Crippen LogP contribution in [0.25, 0.3) is 0 Å². The number of nitrogens with two attached hydrogens (primary N) is 1. The first kappa shape index (κ1) is 16.8. The number of rotatable bonds is 2. The molecule has 0 spiro atoms. The average Bonchev–Trinajstić information content (AvgIpc) is 2.39. The molecule has 3 atom stereocenters. The first-order chi connectivity index (χ1) is 9.73. The largest absolute Gasteiger partial charge is 0.327 e. The van der Waals surface area contributed by atoms with Crippen molar-refractivity contribution in [3.8, 4) is 0 Å². The highest BCUT2D eigenvalue weighted by Crippen LogP contribution is 2.44. The number of anilines is 1. The summed E-state index contributed by atoms with van der Waals surface area (Å²) in [5.74, 6) is 0.642. The molecule has 1 amide bonds. The molecule has 2 rings (SSSR count). The predicted octanol–water partition coefficient (Wildman–Crippen LogP) is 3.34. The topological polar surface area (TPSA) is 80.9 Å². The lowest BCUT2D eigenvalue weighted by molar-refractivity contribution is -0.127. The summed E-state index contributed by atoms with van der Waals surface area (Å²) in [7, 11) is 0. The Bertz CT molecular complexity index is 550. The van der Waals surface area contributed by atoms with Gasteiger partial charge in [-0.3, -0.25) is 4.79 Å². The average molecular weight is 420 g/mol. The molecule has 1 fully saturated rings. The molecule has 1 saturated carbocycles. The standard InChI is InChI=1S/C14H20Br2N4O/c1-7-9(17)5-4-8(14(7,2)3)13(21)20-12-11(16)19-10(15)6-18-12/h6-9H,4-5,17H2,1-3H3,(H,18,20,21). The van der Waals surface area contributed by atoms with Crippen LogP contribution >= 0.6 is 31.9 Å². The maximum absolute atomic E-state index is 12.6. The van der Waals surface area contributed by atoms with Crippen molar-refractivity contribution in [3.63, 3.8) is 0 Å². The summed E-state index contributed by atoms with van der Waals surface area (Å²) in [6.07, 6.45) is 3.23. The fraction of sp³-hybridized carbons (Fsp3) is 0.643. The van der Waals surface area contributed by atoms with Crippen molar-refractivity contribution in [2.24, 2.45) is 23.0 Å². The zero-order valence-electron chi connectivity index (χ0n) is 12.4. The van der Waals surface area contributed by atoms with Gasteiger partial charge in [-0.2, -0.15) is 0 Å². The first-order valence-electron chi connectivity index (χ1n) is 6.98. The highest BCUT2D eigenvalue weighted by atomic mass is 79.9. The molecule has 1 heterocycles. The monoisotopic (exact) mass is 418 g/mol. The Kier molecular flexibility index (Phi) is 5.05. The number of nitrogens with zero attached hydrogens (tertiary/aromatic N) is 2. The van der Waals surface area contributed by atoms with Gasteiger partial charge < -0.3 is 11.1 Å². The number of amides is 1. The van der Waals surface area contributed by atoms with Gasteiger partial charge >= 0.3 is 0 Å². The van der Waals surface area contributed by atoms with E-state index in [9.17, 15) is 4.79 Å². The van der Waals surface area contributed by atoms with Gasteiger partial charge in [-0.1, -0.05) is 20.8 Å². The summed E-state index contributed by atoms with van der Waals surface area (Å²) in [6.45, 7) is 6.35. The smallest absolute Gasteiger partial charge is 0.229 e. The maximum atomic E-state index is 12.6. The fourth-order valence-electron chi connectivity index (χ4n) is 2.95. The molecular formula is C14H20Br2N4O. The second kappa shape index (κ2) is 6.30. The number of carbonyl (C=O) groups excluding carboxylic acids is 1. The van der Waals surface area contributed by atoms with Crippen LogP contribution in [0.15, 0.2) is 15.4 Å². The third-order valence-electron chi connectivity index (χ3n) is 4.76. The van der Waals surface area contributed by atoms with Crippen LogP contribution in [0, 0.1) is 17.3 Å². The number of halogens is 2. The molecule has 7 heteroatoms. The summed E-state index contributed by atoms with van der Waals surface area (Å²) < 4.78 is 1.13. The minimum absolute atomic E-state index is 0.0175. The van der Waals surface area contributed by atoms with Crippen molar-refractivity contribution < 1.29 is 4.79 Å². The van der Waals surface area contributed by atoms with Crippen LogP contribution in [-0.2, 0) is 4.79 Å². The highest BCUT2D eigenvalue weighted by molar-refractivity contribution is 9.11. The molecule has 116 valence electrons. The first-order valence-corrected chi connectivity index (χ1v) is 8.56. The highest BCUT2D eigenvalue weighted by Gasteiger charge is 2.45. The molecule has 21 heavy (non-hydrogen) atoms. The van der Waals surface area contributed by atoms with E-state index in [1.54, 1.807) is 6.20 Å². The molecule has 0 saturated heterocycles. The number of nitrogens with one attached hydrogen (secondary N) is 1. The molecule has 1 aliphatic rings. The van der Waals surface area contributed by atoms with E-state index >= 15 is 0 Å². The maximum Gasteiger partial charge on any atom is 0.229 e. The van der Waals surface area contributed by atoms with Crippen LogP contribution in [0.3, 0.4) is 0 Å². The minimum atomic E-state index is -0.142. The van der Waals surface area contributed by atoms with Gasteiger partial charge in [-0.15, -0.1) is 0 Å². The lowest BCUT2D eigenvalue weighted by Gasteiger charge is -2.45. The van der Waals surface area contributed by atoms with Crippen LogP contribution in [-0.4, -0.2) is 21.9 Å². The van der Waals surface area contributed by atoms with Crippen molar-refractivity contribution in [2.45, 2.75) is 39.7 Å². The lowest BCUT2D eigenvalue weighted by Crippen LogP contribution is -2.50. The van der Waals surface area contributed by atoms with Crippen LogP contribution in [0.2, 0.25) is 0 Å². The normalized spacial score (nSPS) is 28.2. The molecule has 0 aliphatic heterocycles. The Labute approximate surface area is 141 Å². The van der Waals surface area contributed by atoms with Gasteiger partial charge in [-0.25, -0.2) is 9.97 Å². The van der Waals surface area contributed by atoms with Gasteiger partial charge in [0.15, 0.2) is 5.82 Å². The van der Waals surface area contributed by atoms with Gasteiger partial charge in [0.25, 0.3) is 0 Å². The third-order valence-corrected chi connectivity index (χ3v) is 5.70. The molecule has 1 aromatic rings. The zero-order chi connectivity index (χ0) is 15.8. The number of hydrogen-bond donors (Lipinski definition) is 2. The molecule has 0 aromatic carbocycles. The van der Waals surface area contributed by atoms with Gasteiger partial charge in [0, 0.05) is 12.0 Å². The molecule has 1 aromatic heterocycles. The second-order valence-electron chi connectivity index (χ2n) is 6.23. The Morgan fingerprint density at radius 2 is 2.10 bits per heavy atom. The van der Waals surface area contributed by atoms with Crippen LogP contribution in [0.5, 0.6) is 0 Å². The van der Waals surface area contributed by atoms with E-state index in [4.69, 9.17) is 5.73 Å². The van der Waals surface area contributed by atoms with E-state index < -0.39 is 0 Å². The summed E-state index contributed by atoms with van der Waals surface area (Å²) >= 11 is 6.55. The number of hydrogen-bond acceptors (Lipinski definition) is 4. The minimum Gasteiger partial charge on any atom is -0.327 e. The van der Waals surface area contributed by atoms with Crippen molar-refractivity contribution >= 4 is 43.6 Å². The summed E-state index contributed by atoms with van der Waals surface area (Å²) in [4.78, 5) is 21.0. The molecule has 3 unspecified atom stereocenters. The van der Waals surface area contributed by atoms with Crippen molar-refractivity contribution in [1.29, 1.82) is 0 Å². The quantitative estimate of drug-likeness (QED) is 0.770. The molecule has 0 bridgehead atoms. The van der Waals surface area contributed by atoms with Crippen LogP contribution in [0.4, 0.5) is 5.82 Å². The Morgan fingerprint density at radius 3 is 2.71 bits per heavy atom. The van der Waals surface area contributed by atoms with Crippen LogP contribution < -0.4 is 11.1 Å². The van der Waals surface area contributed by atoms with Crippen LogP contribution in [0.1, 0.15) is 33.6 Å². The Morgan fingerprint density at radius 1 is 1.43 bits per heavy atom. The molecule has 3 N–H and O–H groups in total. The van der Waals surface area contributed by atoms with E-state index in [1.807, 2.05) is 0 Å². The molecular weight excluding hydrogens is 400 g/mol. The predicted molar refractivity (Wildman–Crippen MR) is 89.7 cm³/mol. The van der Waals surface area contributed by atoms with Crippen molar-refractivity contribution in [2.75, 3.05) is 5.32 Å². The van der Waals surface area contributed by atoms with Gasteiger partial charge in [0.1, 0.15) is 9.21 Å². The second-order valence-corrected chi connectivity index (χ2v) is 7.79. The zero-order valence-corrected chi connectivity index (χ0v) is 15.5. The van der Waals surface area contributed by atoms with E-state index in [2.05, 4.69) is 67.9 Å². The summed E-state index contributed by atoms with van der Waals surface area (Å²) in [6, 6.07) is 0.156. The SMILES string of the molecule is CC1C(N)CCC(C(=O)Nc2ncc(Br)nc2Br)C1(C)C. The third kappa shape index (κ3) is 3.46. The van der Waals surface area contributed by atoms with Gasteiger partial charge in [0.05, 0.1) is 6.20 Å². The van der Waals surface area contributed by atoms with Gasteiger partial charge in [-0.05, 0) is 56.0 Å². The number of aromatic nitrogens is 2. The van der Waals surface area contributed by atoms with Crippen molar-refractivity contribution in [1.82, 2.24) is 9.97 Å². The van der Waals surface area contributed by atoms with E-state index in [0.717, 1.165) is 12.8 Å². The van der Waals surface area contributed by atoms with Gasteiger partial charge in [0.2, 0.25) is 5.91 Å². The molecule has 0 radical (unpaired) electrons. The Balaban J connectivity index is 2.16. The number of carbonyl (C=O) groups is 1. The summed E-state index contributed by atoms with van der Waals surface area (Å²) in [5, 5.41) is 2.88. The van der Waals surface area contributed by atoms with E-state index in [1.165, 1.54) is 0 Å². The Hall–Kier alpha value is -0.530. The molecule has 5 nitrogen and oxygen atoms in total. The van der Waals surface area contributed by atoms with E-state index in [-0.39, 0.29) is 23.3 Å². The van der Waals surface area contributed by atoms with Crippen molar-refractivity contribution in [3.05, 3.63) is 15.4 Å². The summed E-state index contributed by atoms with van der Waals surface area (Å²) in [5.41, 5.74) is 6.00. The lowest BCUT2D eigenvalue weighted by atomic mass is 9.61. The molecule has 1 aliphatic carbocycles.